The molecule has 1 saturated carbocycles. The van der Waals surface area contributed by atoms with Gasteiger partial charge in [0, 0.05) is 12.1 Å². The van der Waals surface area contributed by atoms with Crippen LogP contribution in [-0.4, -0.2) is 11.0 Å². The van der Waals surface area contributed by atoms with E-state index >= 15 is 0 Å². The van der Waals surface area contributed by atoms with E-state index in [9.17, 15) is 9.60 Å². The van der Waals surface area contributed by atoms with Crippen LogP contribution in [0.5, 0.6) is 0 Å². The summed E-state index contributed by atoms with van der Waals surface area (Å²) in [5.74, 6) is 1.05. The summed E-state index contributed by atoms with van der Waals surface area (Å²) in [5, 5.41) is 15.7. The fourth-order valence-corrected chi connectivity index (χ4v) is 3.67. The minimum atomic E-state index is -0.493. The summed E-state index contributed by atoms with van der Waals surface area (Å²) in [6, 6.07) is 15.1. The summed E-state index contributed by atoms with van der Waals surface area (Å²) in [6.07, 6.45) is 5.12. The van der Waals surface area contributed by atoms with Crippen LogP contribution in [0.2, 0.25) is 5.02 Å². The number of anilines is 1. The first-order valence-corrected chi connectivity index (χ1v) is 9.01. The highest BCUT2D eigenvalue weighted by Gasteiger charge is 2.23. The Kier molecular flexibility index (Phi) is 5.92. The molecule has 2 aromatic carbocycles. The van der Waals surface area contributed by atoms with E-state index in [-0.39, 0.29) is 5.02 Å². The second kappa shape index (κ2) is 8.34. The van der Waals surface area contributed by atoms with Crippen LogP contribution in [0.3, 0.4) is 0 Å². The Morgan fingerprint density at radius 1 is 1.12 bits per heavy atom. The largest absolute Gasteiger partial charge is 0.409 e. The lowest BCUT2D eigenvalue weighted by Crippen LogP contribution is -2.21. The number of rotatable bonds is 4. The lowest BCUT2D eigenvalue weighted by molar-refractivity contribution is 0.306. The Morgan fingerprint density at radius 3 is 2.48 bits per heavy atom. The fraction of sp³-hybridized carbons (Fsp3) is 0.350. The van der Waals surface area contributed by atoms with Gasteiger partial charge in [0.25, 0.3) is 0 Å². The highest BCUT2D eigenvalue weighted by Crippen LogP contribution is 2.37. The highest BCUT2D eigenvalue weighted by molar-refractivity contribution is 6.30. The zero-order valence-corrected chi connectivity index (χ0v) is 14.7. The summed E-state index contributed by atoms with van der Waals surface area (Å²) in [7, 11) is 0. The molecule has 5 heteroatoms. The second-order valence-electron chi connectivity index (χ2n) is 6.63. The lowest BCUT2D eigenvalue weighted by atomic mass is 9.77. The molecule has 0 amide bonds. The zero-order valence-electron chi connectivity index (χ0n) is 14.0. The van der Waals surface area contributed by atoms with Crippen LogP contribution in [0.25, 0.3) is 0 Å². The minimum absolute atomic E-state index is 0.0762. The van der Waals surface area contributed by atoms with Crippen molar-refractivity contribution in [1.29, 1.82) is 0 Å². The molecule has 0 aliphatic heterocycles. The lowest BCUT2D eigenvalue weighted by Gasteiger charge is -2.29. The van der Waals surface area contributed by atoms with E-state index in [1.165, 1.54) is 17.7 Å². The molecular weight excluding hydrogens is 339 g/mol. The quantitative estimate of drug-likeness (QED) is 0.302. The van der Waals surface area contributed by atoms with Gasteiger partial charge in [-0.3, -0.25) is 0 Å². The van der Waals surface area contributed by atoms with E-state index < -0.39 is 5.82 Å². The van der Waals surface area contributed by atoms with Crippen molar-refractivity contribution in [2.45, 2.75) is 38.0 Å². The summed E-state index contributed by atoms with van der Waals surface area (Å²) >= 11 is 5.69. The third kappa shape index (κ3) is 4.73. The van der Waals surface area contributed by atoms with Gasteiger partial charge in [-0.05, 0) is 61.3 Å². The second-order valence-corrected chi connectivity index (χ2v) is 7.04. The molecule has 1 fully saturated rings. The molecule has 1 aliphatic rings. The molecule has 2 N–H and O–H groups in total. The number of benzene rings is 2. The third-order valence-electron chi connectivity index (χ3n) is 4.93. The molecule has 3 nitrogen and oxygen atoms in total. The number of nitrogens with one attached hydrogen (secondary N) is 1. The van der Waals surface area contributed by atoms with Crippen molar-refractivity contribution in [1.82, 2.24) is 0 Å². The molecule has 0 saturated heterocycles. The number of hydrogen-bond donors (Lipinski definition) is 2. The van der Waals surface area contributed by atoms with Crippen LogP contribution >= 0.6 is 11.6 Å². The van der Waals surface area contributed by atoms with Gasteiger partial charge in [-0.1, -0.05) is 47.1 Å². The third-order valence-corrected chi connectivity index (χ3v) is 5.24. The molecular formula is C20H22ClFN2O. The van der Waals surface area contributed by atoms with Crippen molar-refractivity contribution < 1.29 is 9.60 Å². The number of amidine groups is 1. The average Bonchev–Trinajstić information content (AvgIpc) is 2.65. The average molecular weight is 361 g/mol. The van der Waals surface area contributed by atoms with E-state index in [0.717, 1.165) is 25.7 Å². The standard InChI is InChI=1S/C20H22ClFN2O/c21-18-11-10-17(13-19(18)22)23-20(24-25)12-14-6-8-16(9-7-14)15-4-2-1-3-5-15/h1-5,10-11,13-14,16,25H,6-9,12H2,(H,23,24)/t14-,16+. The monoisotopic (exact) mass is 360 g/mol. The first-order chi connectivity index (χ1) is 12.2. The highest BCUT2D eigenvalue weighted by atomic mass is 35.5. The number of halogens is 2. The Labute approximate surface area is 152 Å². The summed E-state index contributed by atoms with van der Waals surface area (Å²) in [5.41, 5.74) is 1.94. The van der Waals surface area contributed by atoms with Crippen LogP contribution in [0.15, 0.2) is 53.7 Å². The molecule has 0 atom stereocenters. The Balaban J connectivity index is 1.54. The van der Waals surface area contributed by atoms with Crippen LogP contribution < -0.4 is 5.32 Å². The normalized spacial score (nSPS) is 21.1. The fourth-order valence-electron chi connectivity index (χ4n) is 3.56. The Hall–Kier alpha value is -2.07. The van der Waals surface area contributed by atoms with E-state index in [2.05, 4.69) is 34.7 Å². The zero-order chi connectivity index (χ0) is 17.6. The molecule has 0 bridgehead atoms. The first-order valence-electron chi connectivity index (χ1n) is 8.63. The predicted molar refractivity (Wildman–Crippen MR) is 100 cm³/mol. The van der Waals surface area contributed by atoms with Gasteiger partial charge in [0.2, 0.25) is 0 Å². The van der Waals surface area contributed by atoms with E-state index in [1.807, 2.05) is 6.07 Å². The molecule has 25 heavy (non-hydrogen) atoms. The molecule has 0 heterocycles. The van der Waals surface area contributed by atoms with Gasteiger partial charge in [-0.15, -0.1) is 0 Å². The first kappa shape index (κ1) is 17.7. The van der Waals surface area contributed by atoms with Crippen molar-refractivity contribution in [3.8, 4) is 0 Å². The van der Waals surface area contributed by atoms with Crippen LogP contribution in [-0.2, 0) is 0 Å². The number of hydrogen-bond acceptors (Lipinski definition) is 2. The van der Waals surface area contributed by atoms with Gasteiger partial charge in [0.05, 0.1) is 5.02 Å². The van der Waals surface area contributed by atoms with E-state index in [0.29, 0.717) is 29.8 Å². The maximum atomic E-state index is 13.5. The molecule has 0 unspecified atom stereocenters. The minimum Gasteiger partial charge on any atom is -0.409 e. The van der Waals surface area contributed by atoms with Crippen LogP contribution in [0.4, 0.5) is 10.1 Å². The van der Waals surface area contributed by atoms with Crippen LogP contribution in [0.1, 0.15) is 43.6 Å². The molecule has 0 aromatic heterocycles. The van der Waals surface area contributed by atoms with Crippen molar-refractivity contribution in [3.63, 3.8) is 0 Å². The summed E-state index contributed by atoms with van der Waals surface area (Å²) in [4.78, 5) is 0. The van der Waals surface area contributed by atoms with Gasteiger partial charge >= 0.3 is 0 Å². The maximum Gasteiger partial charge on any atom is 0.146 e. The smallest absolute Gasteiger partial charge is 0.146 e. The van der Waals surface area contributed by atoms with E-state index in [1.54, 1.807) is 6.07 Å². The van der Waals surface area contributed by atoms with Gasteiger partial charge < -0.3 is 10.5 Å². The van der Waals surface area contributed by atoms with Gasteiger partial charge in [-0.25, -0.2) is 4.39 Å². The summed E-state index contributed by atoms with van der Waals surface area (Å²) < 4.78 is 13.5. The molecule has 2 aromatic rings. The topological polar surface area (TPSA) is 44.6 Å². The van der Waals surface area contributed by atoms with Gasteiger partial charge in [0.15, 0.2) is 0 Å². The molecule has 1 aliphatic carbocycles. The van der Waals surface area contributed by atoms with E-state index in [4.69, 9.17) is 11.6 Å². The molecule has 0 radical (unpaired) electrons. The van der Waals surface area contributed by atoms with Crippen molar-refractivity contribution in [2.24, 2.45) is 11.1 Å². The number of oxime groups is 1. The van der Waals surface area contributed by atoms with Crippen molar-refractivity contribution in [3.05, 3.63) is 64.9 Å². The SMILES string of the molecule is O/N=C(/C[C@H]1CC[C@@H](c2ccccc2)CC1)Nc1ccc(Cl)c(F)c1. The predicted octanol–water partition coefficient (Wildman–Crippen LogP) is 6.04. The van der Waals surface area contributed by atoms with Crippen molar-refractivity contribution >= 4 is 23.1 Å². The number of nitrogens with zero attached hydrogens (tertiary/aromatic N) is 1. The van der Waals surface area contributed by atoms with Gasteiger partial charge in [0.1, 0.15) is 11.7 Å². The molecule has 3 rings (SSSR count). The maximum absolute atomic E-state index is 13.5. The summed E-state index contributed by atoms with van der Waals surface area (Å²) in [6.45, 7) is 0. The van der Waals surface area contributed by atoms with Crippen LogP contribution in [0, 0.1) is 11.7 Å². The van der Waals surface area contributed by atoms with Gasteiger partial charge in [-0.2, -0.15) is 0 Å². The molecule has 0 spiro atoms. The van der Waals surface area contributed by atoms with Crippen molar-refractivity contribution in [2.75, 3.05) is 5.32 Å². The Bertz CT molecular complexity index is 728. The Morgan fingerprint density at radius 2 is 1.84 bits per heavy atom. The molecule has 132 valence electrons.